The third kappa shape index (κ3) is 8.99. The van der Waals surface area contributed by atoms with Gasteiger partial charge in [0.1, 0.15) is 19.3 Å². The van der Waals surface area contributed by atoms with Crippen LogP contribution in [0.15, 0.2) is 96.0 Å². The minimum Gasteiger partial charge on any atom is -0.493 e. The highest BCUT2D eigenvalue weighted by Gasteiger charge is 2.39. The van der Waals surface area contributed by atoms with Gasteiger partial charge >= 0.3 is 0 Å². The lowest BCUT2D eigenvalue weighted by Gasteiger charge is -2.22. The molecule has 15 heteroatoms. The third-order valence-electron chi connectivity index (χ3n) is 12.3. The van der Waals surface area contributed by atoms with Crippen LogP contribution in [0, 0.1) is 0 Å². The number of carbonyl (C=O) groups is 4. The molecule has 66 heavy (non-hydrogen) atoms. The van der Waals surface area contributed by atoms with Gasteiger partial charge in [0.15, 0.2) is 23.0 Å². The monoisotopic (exact) mass is 908 g/mol. The number of anilines is 4. The van der Waals surface area contributed by atoms with Crippen LogP contribution >= 0.6 is 12.6 Å². The summed E-state index contributed by atoms with van der Waals surface area (Å²) in [5.74, 6) is 0.573. The quantitative estimate of drug-likeness (QED) is 0.0809. The first-order chi connectivity index (χ1) is 31.8. The number of carbonyl (C=O) groups excluding carboxylic acids is 4. The summed E-state index contributed by atoms with van der Waals surface area (Å²) in [4.78, 5) is 62.7. The SMILES string of the molecule is COc1cc2c(cc1OCc1cc(COc3cc4c(cc3OC)C(=O)N3c5ccccc5CC3CN4)cc(NC(=O)C(C)NC(=O)CCC(C)(C)S)c1)N=C[C@@H]1Cc3ccccc3N1C2=O. The van der Waals surface area contributed by atoms with Crippen molar-refractivity contribution < 1.29 is 38.1 Å². The van der Waals surface area contributed by atoms with E-state index in [9.17, 15) is 19.2 Å². The molecule has 2 unspecified atom stereocenters. The van der Waals surface area contributed by atoms with E-state index < -0.39 is 11.9 Å². The van der Waals surface area contributed by atoms with Gasteiger partial charge in [0.05, 0.1) is 48.8 Å². The molecule has 4 aliphatic rings. The van der Waals surface area contributed by atoms with E-state index in [1.807, 2.05) is 67.3 Å². The van der Waals surface area contributed by atoms with E-state index in [1.165, 1.54) is 14.2 Å². The molecule has 9 rings (SSSR count). The van der Waals surface area contributed by atoms with Crippen molar-refractivity contribution in [1.29, 1.82) is 0 Å². The van der Waals surface area contributed by atoms with Crippen LogP contribution in [-0.2, 0) is 35.6 Å². The van der Waals surface area contributed by atoms with Crippen LogP contribution in [0.1, 0.15) is 76.6 Å². The Hall–Kier alpha value is -7.00. The highest BCUT2D eigenvalue weighted by atomic mass is 32.1. The molecule has 0 radical (unpaired) electrons. The molecule has 0 bridgehead atoms. The number of aliphatic imine (C=N–C) groups is 1. The van der Waals surface area contributed by atoms with Gasteiger partial charge in [-0.1, -0.05) is 50.2 Å². The van der Waals surface area contributed by atoms with E-state index in [4.69, 9.17) is 23.9 Å². The Labute approximate surface area is 389 Å². The number of nitrogens with zero attached hydrogens (tertiary/aromatic N) is 3. The molecular formula is C51H52N6O8S. The molecule has 0 aromatic heterocycles. The lowest BCUT2D eigenvalue weighted by molar-refractivity contribution is -0.126. The number of hydrogen-bond acceptors (Lipinski definition) is 11. The number of methoxy groups -OCH3 is 2. The number of rotatable bonds is 14. The molecule has 14 nitrogen and oxygen atoms in total. The van der Waals surface area contributed by atoms with E-state index in [2.05, 4.69) is 34.6 Å². The molecule has 0 saturated heterocycles. The Morgan fingerprint density at radius 2 is 1.41 bits per heavy atom. The first-order valence-corrected chi connectivity index (χ1v) is 22.5. The van der Waals surface area contributed by atoms with Crippen LogP contribution in [0.3, 0.4) is 0 Å². The van der Waals surface area contributed by atoms with E-state index in [-0.39, 0.29) is 54.2 Å². The van der Waals surface area contributed by atoms with E-state index in [0.717, 1.165) is 28.9 Å². The predicted octanol–water partition coefficient (Wildman–Crippen LogP) is 8.08. The summed E-state index contributed by atoms with van der Waals surface area (Å²) in [6.45, 7) is 6.13. The zero-order chi connectivity index (χ0) is 46.3. The first-order valence-electron chi connectivity index (χ1n) is 22.0. The number of benzene rings is 5. The Kier molecular flexibility index (Phi) is 12.1. The number of para-hydroxylation sites is 2. The van der Waals surface area contributed by atoms with Crippen molar-refractivity contribution >= 4 is 70.9 Å². The second kappa shape index (κ2) is 18.1. The summed E-state index contributed by atoms with van der Waals surface area (Å²) in [7, 11) is 3.05. The molecule has 4 amide bonds. The van der Waals surface area contributed by atoms with Crippen molar-refractivity contribution in [1.82, 2.24) is 5.32 Å². The Balaban J connectivity index is 0.967. The maximum absolute atomic E-state index is 14.1. The normalized spacial score (nSPS) is 17.1. The minimum atomic E-state index is -0.833. The van der Waals surface area contributed by atoms with Crippen LogP contribution in [0.4, 0.5) is 28.4 Å². The van der Waals surface area contributed by atoms with Crippen molar-refractivity contribution in [2.24, 2.45) is 4.99 Å². The fourth-order valence-electron chi connectivity index (χ4n) is 8.97. The molecule has 3 atom stereocenters. The summed E-state index contributed by atoms with van der Waals surface area (Å²) < 4.78 is 24.0. The smallest absolute Gasteiger partial charge is 0.261 e. The third-order valence-corrected chi connectivity index (χ3v) is 12.5. The number of ether oxygens (including phenoxy) is 4. The zero-order valence-electron chi connectivity index (χ0n) is 37.5. The van der Waals surface area contributed by atoms with Crippen molar-refractivity contribution in [3.8, 4) is 23.0 Å². The molecule has 5 aromatic carbocycles. The molecule has 340 valence electrons. The van der Waals surface area contributed by atoms with Gasteiger partial charge in [0, 0.05) is 59.5 Å². The van der Waals surface area contributed by atoms with Gasteiger partial charge in [-0.3, -0.25) is 29.1 Å². The van der Waals surface area contributed by atoms with Crippen molar-refractivity contribution in [2.45, 2.75) is 82.5 Å². The molecule has 4 aliphatic heterocycles. The Morgan fingerprint density at radius 1 is 0.803 bits per heavy atom. The topological polar surface area (TPSA) is 160 Å². The zero-order valence-corrected chi connectivity index (χ0v) is 38.4. The second-order valence-corrected chi connectivity index (χ2v) is 18.9. The summed E-state index contributed by atoms with van der Waals surface area (Å²) in [5.41, 5.74) is 7.79. The van der Waals surface area contributed by atoms with Gasteiger partial charge < -0.3 is 39.8 Å². The first kappa shape index (κ1) is 44.2. The van der Waals surface area contributed by atoms with E-state index in [1.54, 1.807) is 54.4 Å². The fraction of sp³-hybridized carbons (Fsp3) is 0.314. The fourth-order valence-corrected chi connectivity index (χ4v) is 9.09. The number of amides is 4. The summed E-state index contributed by atoms with van der Waals surface area (Å²) in [6.07, 6.45) is 4.00. The summed E-state index contributed by atoms with van der Waals surface area (Å²) in [6, 6.07) is 27.1. The molecule has 3 N–H and O–H groups in total. The van der Waals surface area contributed by atoms with E-state index in [0.29, 0.717) is 81.7 Å². The predicted molar refractivity (Wildman–Crippen MR) is 258 cm³/mol. The van der Waals surface area contributed by atoms with Crippen LogP contribution < -0.4 is 44.7 Å². The van der Waals surface area contributed by atoms with Gasteiger partial charge in [-0.05, 0) is 84.5 Å². The van der Waals surface area contributed by atoms with Crippen LogP contribution in [0.25, 0.3) is 0 Å². The highest BCUT2D eigenvalue weighted by molar-refractivity contribution is 7.81. The summed E-state index contributed by atoms with van der Waals surface area (Å²) in [5, 5.41) is 9.22. The molecule has 0 aliphatic carbocycles. The molecule has 0 fully saturated rings. The average Bonchev–Trinajstić information content (AvgIpc) is 3.80. The van der Waals surface area contributed by atoms with Crippen LogP contribution in [0.5, 0.6) is 23.0 Å². The number of fused-ring (bicyclic) bond motifs is 8. The van der Waals surface area contributed by atoms with Crippen LogP contribution in [-0.4, -0.2) is 73.5 Å². The molecule has 0 spiro atoms. The van der Waals surface area contributed by atoms with Crippen molar-refractivity contribution in [2.75, 3.05) is 41.2 Å². The number of thiol groups is 1. The molecule has 0 saturated carbocycles. The molecular weight excluding hydrogens is 857 g/mol. The molecule has 5 aromatic rings. The Morgan fingerprint density at radius 3 is 2.08 bits per heavy atom. The number of hydrogen-bond donors (Lipinski definition) is 4. The number of nitrogens with one attached hydrogen (secondary N) is 3. The second-order valence-electron chi connectivity index (χ2n) is 17.7. The maximum atomic E-state index is 14.1. The van der Waals surface area contributed by atoms with Crippen molar-refractivity contribution in [3.63, 3.8) is 0 Å². The minimum absolute atomic E-state index is 0.0342. The lowest BCUT2D eigenvalue weighted by Crippen LogP contribution is -2.41. The largest absolute Gasteiger partial charge is 0.493 e. The van der Waals surface area contributed by atoms with Gasteiger partial charge in [0.2, 0.25) is 11.8 Å². The summed E-state index contributed by atoms with van der Waals surface area (Å²) >= 11 is 4.52. The van der Waals surface area contributed by atoms with Gasteiger partial charge in [-0.25, -0.2) is 0 Å². The van der Waals surface area contributed by atoms with Gasteiger partial charge in [-0.15, -0.1) is 0 Å². The maximum Gasteiger partial charge on any atom is 0.261 e. The van der Waals surface area contributed by atoms with E-state index >= 15 is 0 Å². The Bertz CT molecular complexity index is 2790. The lowest BCUT2D eigenvalue weighted by atomic mass is 10.1. The van der Waals surface area contributed by atoms with Crippen molar-refractivity contribution in [3.05, 3.63) is 124 Å². The van der Waals surface area contributed by atoms with Crippen LogP contribution in [0.2, 0.25) is 0 Å². The standard InChI is InChI=1S/C51H52N6O8S/c1-29(54-47(58)14-15-51(2,3)66)48(59)55-34-17-30(27-64-45-23-39-37(21-43(45)62-4)49(60)56-35(25-52-39)19-32-10-6-8-12-41(32)56)16-31(18-34)28-65-46-24-40-38(22-44(46)63-5)50(61)57-36(26-53-40)20-33-11-7-9-13-42(33)57/h6-13,16-18,21-25,29,35-36,53,66H,14-15,19-20,26-28H2,1-5H3,(H,54,58)(H,55,59)/t29?,35-,36?/m0/s1. The van der Waals surface area contributed by atoms with Gasteiger partial charge in [-0.2, -0.15) is 12.6 Å². The highest BCUT2D eigenvalue weighted by Crippen LogP contribution is 2.43. The average molecular weight is 909 g/mol. The van der Waals surface area contributed by atoms with Gasteiger partial charge in [0.25, 0.3) is 11.8 Å². The molecule has 4 heterocycles.